The van der Waals surface area contributed by atoms with E-state index >= 15 is 0 Å². The van der Waals surface area contributed by atoms with Crippen LogP contribution in [0.15, 0.2) is 5.38 Å². The zero-order chi connectivity index (χ0) is 11.3. The van der Waals surface area contributed by atoms with Crippen LogP contribution in [-0.4, -0.2) is 35.8 Å². The minimum absolute atomic E-state index is 0.0825. The van der Waals surface area contributed by atoms with Gasteiger partial charge in [-0.05, 0) is 6.92 Å². The molecule has 15 heavy (non-hydrogen) atoms. The third kappa shape index (κ3) is 3.58. The van der Waals surface area contributed by atoms with E-state index in [0.29, 0.717) is 12.3 Å². The third-order valence-corrected chi connectivity index (χ3v) is 2.53. The smallest absolute Gasteiger partial charge is 0.271 e. The Kier molecular flexibility index (Phi) is 4.67. The van der Waals surface area contributed by atoms with Crippen molar-refractivity contribution in [3.8, 4) is 0 Å². The van der Waals surface area contributed by atoms with Gasteiger partial charge in [0, 0.05) is 18.5 Å². The van der Waals surface area contributed by atoms with Gasteiger partial charge in [-0.2, -0.15) is 0 Å². The number of hydrogen-bond acceptors (Lipinski definition) is 5. The Morgan fingerprint density at radius 2 is 2.53 bits per heavy atom. The van der Waals surface area contributed by atoms with Gasteiger partial charge in [-0.15, -0.1) is 11.3 Å². The van der Waals surface area contributed by atoms with E-state index in [4.69, 9.17) is 9.84 Å². The molecule has 2 N–H and O–H groups in total. The van der Waals surface area contributed by atoms with E-state index in [0.717, 1.165) is 5.01 Å². The van der Waals surface area contributed by atoms with Crippen molar-refractivity contribution >= 4 is 17.2 Å². The Hall–Kier alpha value is -0.980. The van der Waals surface area contributed by atoms with Crippen molar-refractivity contribution < 1.29 is 14.6 Å². The third-order valence-electron chi connectivity index (χ3n) is 1.70. The number of aliphatic hydroxyl groups is 1. The molecule has 1 heterocycles. The van der Waals surface area contributed by atoms with E-state index in [1.165, 1.54) is 11.3 Å². The lowest BCUT2D eigenvalue weighted by Crippen LogP contribution is -2.35. The van der Waals surface area contributed by atoms with Crippen molar-refractivity contribution in [3.05, 3.63) is 16.1 Å². The van der Waals surface area contributed by atoms with Gasteiger partial charge in [-0.1, -0.05) is 0 Å². The zero-order valence-electron chi connectivity index (χ0n) is 8.69. The number of methoxy groups -OCH3 is 1. The van der Waals surface area contributed by atoms with Crippen LogP contribution in [0.25, 0.3) is 0 Å². The first-order valence-corrected chi connectivity index (χ1v) is 5.40. The van der Waals surface area contributed by atoms with Gasteiger partial charge in [0.25, 0.3) is 5.91 Å². The summed E-state index contributed by atoms with van der Waals surface area (Å²) in [6.07, 6.45) is 0. The number of aromatic nitrogens is 1. The number of ether oxygens (including phenoxy) is 1. The van der Waals surface area contributed by atoms with Gasteiger partial charge in [-0.25, -0.2) is 4.98 Å². The van der Waals surface area contributed by atoms with Crippen LogP contribution in [0.5, 0.6) is 0 Å². The summed E-state index contributed by atoms with van der Waals surface area (Å²) in [5.74, 6) is -0.268. The van der Waals surface area contributed by atoms with Gasteiger partial charge >= 0.3 is 0 Å². The first kappa shape index (κ1) is 12.1. The molecule has 0 radical (unpaired) electrons. The van der Waals surface area contributed by atoms with Crippen LogP contribution in [0.3, 0.4) is 0 Å². The number of rotatable bonds is 5. The fourth-order valence-electron chi connectivity index (χ4n) is 0.948. The monoisotopic (exact) mass is 230 g/mol. The molecule has 1 amide bonds. The summed E-state index contributed by atoms with van der Waals surface area (Å²) in [5, 5.41) is 13.8. The molecule has 0 spiro atoms. The van der Waals surface area contributed by atoms with Crippen molar-refractivity contribution in [2.75, 3.05) is 13.7 Å². The number of carbonyl (C=O) groups is 1. The Balaban J connectivity index is 2.58. The van der Waals surface area contributed by atoms with Gasteiger partial charge in [0.2, 0.25) is 0 Å². The van der Waals surface area contributed by atoms with Gasteiger partial charge < -0.3 is 15.2 Å². The molecule has 1 aromatic rings. The largest absolute Gasteiger partial charge is 0.394 e. The van der Waals surface area contributed by atoms with E-state index in [-0.39, 0.29) is 18.6 Å². The molecular formula is C9H14N2O3S. The molecule has 1 unspecified atom stereocenters. The molecule has 1 rings (SSSR count). The fraction of sp³-hybridized carbons (Fsp3) is 0.556. The zero-order valence-corrected chi connectivity index (χ0v) is 9.50. The van der Waals surface area contributed by atoms with E-state index in [2.05, 4.69) is 10.3 Å². The summed E-state index contributed by atoms with van der Waals surface area (Å²) >= 11 is 1.38. The number of nitrogens with one attached hydrogen (secondary N) is 1. The van der Waals surface area contributed by atoms with Crippen molar-refractivity contribution in [1.29, 1.82) is 0 Å². The summed E-state index contributed by atoms with van der Waals surface area (Å²) in [6.45, 7) is 2.05. The quantitative estimate of drug-likeness (QED) is 0.768. The normalized spacial score (nSPS) is 12.5. The van der Waals surface area contributed by atoms with Crippen molar-refractivity contribution in [3.63, 3.8) is 0 Å². The standard InChI is InChI=1S/C9H14N2O3S/c1-6(3-12)10-9(13)7-5-15-8(11-7)4-14-2/h5-6,12H,3-4H2,1-2H3,(H,10,13). The number of amides is 1. The van der Waals surface area contributed by atoms with E-state index in [1.807, 2.05) is 0 Å². The van der Waals surface area contributed by atoms with Crippen LogP contribution in [0.2, 0.25) is 0 Å². The van der Waals surface area contributed by atoms with Crippen LogP contribution in [0.4, 0.5) is 0 Å². The summed E-state index contributed by atoms with van der Waals surface area (Å²) in [6, 6.07) is -0.259. The number of hydrogen-bond donors (Lipinski definition) is 2. The van der Waals surface area contributed by atoms with Crippen LogP contribution in [0, 0.1) is 0 Å². The first-order valence-electron chi connectivity index (χ1n) is 4.52. The molecule has 6 heteroatoms. The maximum atomic E-state index is 11.5. The highest BCUT2D eigenvalue weighted by Gasteiger charge is 2.12. The molecular weight excluding hydrogens is 216 g/mol. The molecule has 0 fully saturated rings. The molecule has 0 aromatic carbocycles. The average molecular weight is 230 g/mol. The highest BCUT2D eigenvalue weighted by molar-refractivity contribution is 7.09. The second kappa shape index (κ2) is 5.79. The summed E-state index contributed by atoms with van der Waals surface area (Å²) in [7, 11) is 1.58. The number of thiazole rings is 1. The number of aliphatic hydroxyl groups excluding tert-OH is 1. The van der Waals surface area contributed by atoms with E-state index in [9.17, 15) is 4.79 Å². The Labute approximate surface area is 92.1 Å². The van der Waals surface area contributed by atoms with Crippen molar-refractivity contribution in [1.82, 2.24) is 10.3 Å². The lowest BCUT2D eigenvalue weighted by molar-refractivity contribution is 0.0917. The average Bonchev–Trinajstić information content (AvgIpc) is 2.67. The van der Waals surface area contributed by atoms with Gasteiger partial charge in [0.1, 0.15) is 10.7 Å². The van der Waals surface area contributed by atoms with Gasteiger partial charge in [-0.3, -0.25) is 4.79 Å². The lowest BCUT2D eigenvalue weighted by Gasteiger charge is -2.08. The molecule has 0 saturated heterocycles. The topological polar surface area (TPSA) is 71.5 Å². The Morgan fingerprint density at radius 3 is 3.13 bits per heavy atom. The van der Waals surface area contributed by atoms with Crippen LogP contribution < -0.4 is 5.32 Å². The van der Waals surface area contributed by atoms with E-state index < -0.39 is 0 Å². The SMILES string of the molecule is COCc1nc(C(=O)NC(C)CO)cs1. The maximum Gasteiger partial charge on any atom is 0.271 e. The maximum absolute atomic E-state index is 11.5. The predicted molar refractivity (Wildman–Crippen MR) is 56.8 cm³/mol. The van der Waals surface area contributed by atoms with Crippen LogP contribution in [-0.2, 0) is 11.3 Å². The van der Waals surface area contributed by atoms with Crippen LogP contribution in [0.1, 0.15) is 22.4 Å². The van der Waals surface area contributed by atoms with Crippen molar-refractivity contribution in [2.45, 2.75) is 19.6 Å². The van der Waals surface area contributed by atoms with Gasteiger partial charge in [0.05, 0.1) is 13.2 Å². The minimum atomic E-state index is -0.268. The highest BCUT2D eigenvalue weighted by Crippen LogP contribution is 2.10. The fourth-order valence-corrected chi connectivity index (χ4v) is 1.69. The molecule has 0 aliphatic carbocycles. The molecule has 5 nitrogen and oxygen atoms in total. The molecule has 1 atom stereocenters. The number of nitrogens with zero attached hydrogens (tertiary/aromatic N) is 1. The molecule has 0 aliphatic heterocycles. The molecule has 1 aromatic heterocycles. The van der Waals surface area contributed by atoms with Gasteiger partial charge in [0.15, 0.2) is 0 Å². The molecule has 0 saturated carbocycles. The van der Waals surface area contributed by atoms with Crippen molar-refractivity contribution in [2.24, 2.45) is 0 Å². The molecule has 84 valence electrons. The molecule has 0 aliphatic rings. The lowest BCUT2D eigenvalue weighted by atomic mass is 10.3. The highest BCUT2D eigenvalue weighted by atomic mass is 32.1. The second-order valence-corrected chi connectivity index (χ2v) is 4.06. The summed E-state index contributed by atoms with van der Waals surface area (Å²) < 4.78 is 4.90. The van der Waals surface area contributed by atoms with E-state index in [1.54, 1.807) is 19.4 Å². The number of carbonyl (C=O) groups excluding carboxylic acids is 1. The minimum Gasteiger partial charge on any atom is -0.394 e. The first-order chi connectivity index (χ1) is 7.17. The second-order valence-electron chi connectivity index (χ2n) is 3.12. The van der Waals surface area contributed by atoms with Crippen LogP contribution >= 0.6 is 11.3 Å². The summed E-state index contributed by atoms with van der Waals surface area (Å²) in [5.41, 5.74) is 0.368. The molecule has 0 bridgehead atoms. The Bertz CT molecular complexity index is 327. The predicted octanol–water partition coefficient (Wildman–Crippen LogP) is 0.400. The summed E-state index contributed by atoms with van der Waals surface area (Å²) in [4.78, 5) is 15.6. The Morgan fingerprint density at radius 1 is 1.80 bits per heavy atom.